The van der Waals surface area contributed by atoms with Crippen LogP contribution in [0.25, 0.3) is 10.9 Å². The van der Waals surface area contributed by atoms with Crippen molar-refractivity contribution in [1.29, 1.82) is 0 Å². The third-order valence-electron chi connectivity index (χ3n) is 3.46. The predicted molar refractivity (Wildman–Crippen MR) is 85.1 cm³/mol. The van der Waals surface area contributed by atoms with Gasteiger partial charge in [-0.15, -0.1) is 0 Å². The first-order valence-corrected chi connectivity index (χ1v) is 7.03. The molecular weight excluding hydrogens is 296 g/mol. The molecule has 0 aliphatic rings. The molecule has 0 fully saturated rings. The van der Waals surface area contributed by atoms with Gasteiger partial charge in [-0.25, -0.2) is 4.98 Å². The van der Waals surface area contributed by atoms with E-state index in [-0.39, 0.29) is 17.9 Å². The van der Waals surface area contributed by atoms with E-state index in [9.17, 15) is 15.2 Å². The van der Waals surface area contributed by atoms with Gasteiger partial charge < -0.3 is 9.84 Å². The van der Waals surface area contributed by atoms with E-state index >= 15 is 0 Å². The number of benzene rings is 2. The summed E-state index contributed by atoms with van der Waals surface area (Å²) in [5.41, 5.74) is 1.74. The van der Waals surface area contributed by atoms with Crippen LogP contribution >= 0.6 is 0 Å². The molecule has 0 unspecified atom stereocenters. The highest BCUT2D eigenvalue weighted by Crippen LogP contribution is 2.24. The van der Waals surface area contributed by atoms with Gasteiger partial charge in [0.1, 0.15) is 12.4 Å². The summed E-state index contributed by atoms with van der Waals surface area (Å²) in [7, 11) is 0. The van der Waals surface area contributed by atoms with E-state index in [0.717, 1.165) is 16.6 Å². The number of nitrogens with zero attached hydrogens (tertiary/aromatic N) is 2. The van der Waals surface area contributed by atoms with E-state index in [1.807, 2.05) is 36.4 Å². The number of para-hydroxylation sites is 1. The molecule has 0 aliphatic heterocycles. The zero-order valence-corrected chi connectivity index (χ0v) is 12.2. The Morgan fingerprint density at radius 3 is 2.74 bits per heavy atom. The molecule has 2 aromatic carbocycles. The third kappa shape index (κ3) is 3.27. The van der Waals surface area contributed by atoms with E-state index in [0.29, 0.717) is 5.75 Å². The predicted octanol–water partition coefficient (Wildman–Crippen LogP) is 3.21. The molecule has 0 aliphatic carbocycles. The van der Waals surface area contributed by atoms with E-state index < -0.39 is 11.5 Å². The number of hydrogen-bond donors (Lipinski definition) is 1. The molecule has 0 saturated heterocycles. The van der Waals surface area contributed by atoms with Crippen molar-refractivity contribution >= 4 is 16.6 Å². The minimum absolute atomic E-state index is 0.122. The molecule has 0 bridgehead atoms. The number of nitro groups is 1. The van der Waals surface area contributed by atoms with Crippen molar-refractivity contribution in [2.24, 2.45) is 0 Å². The molecule has 0 spiro atoms. The quantitative estimate of drug-likeness (QED) is 0.577. The Hall–Kier alpha value is -2.99. The topological polar surface area (TPSA) is 85.5 Å². The van der Waals surface area contributed by atoms with Crippen molar-refractivity contribution in [2.45, 2.75) is 13.2 Å². The first-order chi connectivity index (χ1) is 11.2. The van der Waals surface area contributed by atoms with E-state index in [2.05, 4.69) is 4.98 Å². The smallest absolute Gasteiger partial charge is 0.275 e. The molecule has 6 nitrogen and oxygen atoms in total. The van der Waals surface area contributed by atoms with Crippen LogP contribution in [0.2, 0.25) is 0 Å². The number of fused-ring (bicyclic) bond motifs is 1. The van der Waals surface area contributed by atoms with Crippen LogP contribution in [-0.4, -0.2) is 15.0 Å². The Morgan fingerprint density at radius 2 is 1.96 bits per heavy atom. The standard InChI is InChI=1S/C17H14N2O4/c20-10-13-9-15(7-8-17(13)19(21)22)23-11-14-6-5-12-3-1-2-4-16(12)18-14/h1-9,20H,10-11H2. The summed E-state index contributed by atoms with van der Waals surface area (Å²) in [5, 5.41) is 21.1. The molecule has 3 aromatic rings. The Balaban J connectivity index is 1.77. The fraction of sp³-hybridized carbons (Fsp3) is 0.118. The van der Waals surface area contributed by atoms with Crippen LogP contribution in [0, 0.1) is 10.1 Å². The maximum atomic E-state index is 10.8. The van der Waals surface area contributed by atoms with Crippen LogP contribution in [0.15, 0.2) is 54.6 Å². The average molecular weight is 310 g/mol. The zero-order valence-electron chi connectivity index (χ0n) is 12.2. The molecule has 1 heterocycles. The summed E-state index contributed by atoms with van der Waals surface area (Å²) in [4.78, 5) is 14.8. The number of rotatable bonds is 5. The molecule has 116 valence electrons. The van der Waals surface area contributed by atoms with Gasteiger partial charge in [-0.2, -0.15) is 0 Å². The fourth-order valence-electron chi connectivity index (χ4n) is 2.30. The minimum Gasteiger partial charge on any atom is -0.487 e. The molecule has 0 amide bonds. The number of nitro benzene ring substituents is 1. The molecule has 1 aromatic heterocycles. The summed E-state index contributed by atoms with van der Waals surface area (Å²) >= 11 is 0. The van der Waals surface area contributed by atoms with Gasteiger partial charge in [0, 0.05) is 11.5 Å². The SMILES string of the molecule is O=[N+]([O-])c1ccc(OCc2ccc3ccccc3n2)cc1CO. The molecule has 23 heavy (non-hydrogen) atoms. The Labute approximate surface area is 132 Å². The summed E-state index contributed by atoms with van der Waals surface area (Å²) < 4.78 is 5.62. The Bertz CT molecular complexity index is 864. The molecular formula is C17H14N2O4. The lowest BCUT2D eigenvalue weighted by Gasteiger charge is -2.08. The van der Waals surface area contributed by atoms with Crippen molar-refractivity contribution in [2.75, 3.05) is 0 Å². The van der Waals surface area contributed by atoms with Crippen molar-refractivity contribution in [3.8, 4) is 5.75 Å². The highest BCUT2D eigenvalue weighted by atomic mass is 16.6. The van der Waals surface area contributed by atoms with Gasteiger partial charge >= 0.3 is 0 Å². The zero-order chi connectivity index (χ0) is 16.2. The van der Waals surface area contributed by atoms with Crippen molar-refractivity contribution in [1.82, 2.24) is 4.98 Å². The average Bonchev–Trinajstić information content (AvgIpc) is 2.59. The van der Waals surface area contributed by atoms with Crippen molar-refractivity contribution < 1.29 is 14.8 Å². The maximum absolute atomic E-state index is 10.8. The van der Waals surface area contributed by atoms with E-state index in [4.69, 9.17) is 4.74 Å². The highest BCUT2D eigenvalue weighted by Gasteiger charge is 2.13. The fourth-order valence-corrected chi connectivity index (χ4v) is 2.30. The van der Waals surface area contributed by atoms with Gasteiger partial charge in [-0.1, -0.05) is 24.3 Å². The molecule has 6 heteroatoms. The molecule has 1 N–H and O–H groups in total. The Morgan fingerprint density at radius 1 is 1.13 bits per heavy atom. The van der Waals surface area contributed by atoms with Crippen LogP contribution in [0.3, 0.4) is 0 Å². The van der Waals surface area contributed by atoms with Crippen LogP contribution < -0.4 is 4.74 Å². The normalized spacial score (nSPS) is 10.7. The number of pyridine rings is 1. The second kappa shape index (κ2) is 6.41. The Kier molecular flexibility index (Phi) is 4.16. The highest BCUT2D eigenvalue weighted by molar-refractivity contribution is 5.78. The lowest BCUT2D eigenvalue weighted by Crippen LogP contribution is -2.00. The first kappa shape index (κ1) is 14.9. The van der Waals surface area contributed by atoms with Crippen molar-refractivity contribution in [3.63, 3.8) is 0 Å². The van der Waals surface area contributed by atoms with E-state index in [1.165, 1.54) is 18.2 Å². The van der Waals surface area contributed by atoms with Crippen molar-refractivity contribution in [3.05, 3.63) is 76.0 Å². The second-order valence-corrected chi connectivity index (χ2v) is 4.99. The van der Waals surface area contributed by atoms with Crippen LogP contribution in [0.4, 0.5) is 5.69 Å². The van der Waals surface area contributed by atoms with Crippen LogP contribution in [0.5, 0.6) is 5.75 Å². The van der Waals surface area contributed by atoms with Gasteiger partial charge in [-0.3, -0.25) is 10.1 Å². The second-order valence-electron chi connectivity index (χ2n) is 4.99. The number of aliphatic hydroxyl groups is 1. The molecule has 0 saturated carbocycles. The summed E-state index contributed by atoms with van der Waals surface area (Å²) in [6.07, 6.45) is 0. The summed E-state index contributed by atoms with van der Waals surface area (Å²) in [6, 6.07) is 15.9. The molecule has 0 atom stereocenters. The lowest BCUT2D eigenvalue weighted by molar-refractivity contribution is -0.385. The number of aliphatic hydroxyl groups excluding tert-OH is 1. The van der Waals surface area contributed by atoms with Gasteiger partial charge in [-0.05, 0) is 24.3 Å². The van der Waals surface area contributed by atoms with Gasteiger partial charge in [0.15, 0.2) is 0 Å². The van der Waals surface area contributed by atoms with Crippen LogP contribution in [0.1, 0.15) is 11.3 Å². The minimum atomic E-state index is -0.528. The van der Waals surface area contributed by atoms with Gasteiger partial charge in [0.05, 0.1) is 28.3 Å². The summed E-state index contributed by atoms with van der Waals surface area (Å²) in [6.45, 7) is -0.171. The summed E-state index contributed by atoms with van der Waals surface area (Å²) in [5.74, 6) is 0.453. The number of aromatic nitrogens is 1. The molecule has 3 rings (SSSR count). The van der Waals surface area contributed by atoms with Gasteiger partial charge in [0.2, 0.25) is 0 Å². The monoisotopic (exact) mass is 310 g/mol. The van der Waals surface area contributed by atoms with E-state index in [1.54, 1.807) is 0 Å². The number of hydrogen-bond acceptors (Lipinski definition) is 5. The number of ether oxygens (including phenoxy) is 1. The third-order valence-corrected chi connectivity index (χ3v) is 3.46. The molecule has 0 radical (unpaired) electrons. The largest absolute Gasteiger partial charge is 0.487 e. The lowest BCUT2D eigenvalue weighted by atomic mass is 10.2. The van der Waals surface area contributed by atoms with Gasteiger partial charge in [0.25, 0.3) is 5.69 Å². The van der Waals surface area contributed by atoms with Crippen LogP contribution in [-0.2, 0) is 13.2 Å². The first-order valence-electron chi connectivity index (χ1n) is 7.03. The maximum Gasteiger partial charge on any atom is 0.275 e.